The first kappa shape index (κ1) is 19.2. The van der Waals surface area contributed by atoms with Gasteiger partial charge < -0.3 is 19.9 Å². The maximum Gasteiger partial charge on any atom is 0.282 e. The van der Waals surface area contributed by atoms with E-state index in [2.05, 4.69) is 42.3 Å². The number of nitrogens with zero attached hydrogens (tertiary/aromatic N) is 1. The number of amides is 1. The molecule has 5 heteroatoms. The zero-order valence-corrected chi connectivity index (χ0v) is 16.7. The number of hydrogen-bond acceptors (Lipinski definition) is 3. The van der Waals surface area contributed by atoms with Gasteiger partial charge in [-0.05, 0) is 50.1 Å². The van der Waals surface area contributed by atoms with Crippen molar-refractivity contribution in [2.75, 3.05) is 43.5 Å². The highest BCUT2D eigenvalue weighted by Crippen LogP contribution is 2.22. The predicted molar refractivity (Wildman–Crippen MR) is 110 cm³/mol. The van der Waals surface area contributed by atoms with E-state index in [0.29, 0.717) is 0 Å². The van der Waals surface area contributed by atoms with Gasteiger partial charge in [-0.25, -0.2) is 0 Å². The van der Waals surface area contributed by atoms with Gasteiger partial charge in [0.1, 0.15) is 5.75 Å². The number of rotatable bonds is 5. The average Bonchev–Trinajstić information content (AvgIpc) is 2.70. The van der Waals surface area contributed by atoms with Crippen molar-refractivity contribution < 1.29 is 14.4 Å². The fourth-order valence-corrected chi connectivity index (χ4v) is 3.68. The molecule has 0 aromatic heterocycles. The molecule has 27 heavy (non-hydrogen) atoms. The summed E-state index contributed by atoms with van der Waals surface area (Å²) in [6, 6.07) is 13.9. The van der Waals surface area contributed by atoms with Crippen molar-refractivity contribution in [1.29, 1.82) is 0 Å². The van der Waals surface area contributed by atoms with E-state index in [4.69, 9.17) is 4.74 Å². The number of carbonyl (C=O) groups is 1. The number of piperazine rings is 1. The van der Waals surface area contributed by atoms with Crippen LogP contribution in [0.2, 0.25) is 0 Å². The maximum absolute atomic E-state index is 12.7. The molecule has 1 aliphatic heterocycles. The van der Waals surface area contributed by atoms with Gasteiger partial charge in [-0.3, -0.25) is 4.79 Å². The van der Waals surface area contributed by atoms with Crippen LogP contribution in [0.25, 0.3) is 0 Å². The largest absolute Gasteiger partial charge is 0.497 e. The van der Waals surface area contributed by atoms with E-state index in [-0.39, 0.29) is 11.9 Å². The number of anilines is 2. The van der Waals surface area contributed by atoms with Gasteiger partial charge in [0, 0.05) is 17.4 Å². The summed E-state index contributed by atoms with van der Waals surface area (Å²) in [4.78, 5) is 16.4. The van der Waals surface area contributed by atoms with Crippen molar-refractivity contribution in [3.05, 3.63) is 53.6 Å². The number of nitrogens with one attached hydrogen (secondary N) is 2. The van der Waals surface area contributed by atoms with Crippen LogP contribution in [0.15, 0.2) is 42.5 Å². The van der Waals surface area contributed by atoms with Gasteiger partial charge in [0.05, 0.1) is 33.3 Å². The molecule has 1 amide bonds. The molecule has 144 valence electrons. The second-order valence-corrected chi connectivity index (χ2v) is 7.31. The monoisotopic (exact) mass is 368 g/mol. The fourth-order valence-electron chi connectivity index (χ4n) is 3.68. The van der Waals surface area contributed by atoms with Crippen molar-refractivity contribution in [3.8, 4) is 5.75 Å². The summed E-state index contributed by atoms with van der Waals surface area (Å²) in [5.41, 5.74) is 4.78. The van der Waals surface area contributed by atoms with E-state index in [1.165, 1.54) is 21.7 Å². The maximum atomic E-state index is 12.7. The second-order valence-electron chi connectivity index (χ2n) is 7.31. The van der Waals surface area contributed by atoms with Gasteiger partial charge in [0.2, 0.25) is 0 Å². The number of quaternary nitrogens is 1. The Hall–Kier alpha value is -2.53. The standard InChI is InChI=1S/C22H29N3O2/c1-16-7-5-10-21(17(16)2)25-13-11-24(12-14-25)18(3)22(26)23-19-8-6-9-20(15-19)27-4/h5-10,15,18H,11-14H2,1-4H3,(H,23,26)/p+1/t18-/m1/s1. The van der Waals surface area contributed by atoms with Crippen molar-refractivity contribution in [3.63, 3.8) is 0 Å². The number of ether oxygens (including phenoxy) is 1. The van der Waals surface area contributed by atoms with E-state index >= 15 is 0 Å². The van der Waals surface area contributed by atoms with Crippen LogP contribution in [-0.4, -0.2) is 45.2 Å². The highest BCUT2D eigenvalue weighted by atomic mass is 16.5. The summed E-state index contributed by atoms with van der Waals surface area (Å²) in [6.45, 7) is 10.2. The lowest BCUT2D eigenvalue weighted by Crippen LogP contribution is -3.19. The molecule has 2 N–H and O–H groups in total. The summed E-state index contributed by atoms with van der Waals surface area (Å²) < 4.78 is 5.22. The normalized spacial score (nSPS) is 16.1. The van der Waals surface area contributed by atoms with Crippen molar-refractivity contribution in [2.45, 2.75) is 26.8 Å². The third-order valence-electron chi connectivity index (χ3n) is 5.67. The molecule has 0 aliphatic carbocycles. The first-order valence-electron chi connectivity index (χ1n) is 9.60. The number of carbonyl (C=O) groups excluding carboxylic acids is 1. The van der Waals surface area contributed by atoms with Crippen LogP contribution in [0, 0.1) is 13.8 Å². The average molecular weight is 369 g/mol. The Kier molecular flexibility index (Phi) is 6.01. The Morgan fingerprint density at radius 1 is 1.15 bits per heavy atom. The predicted octanol–water partition coefficient (Wildman–Crippen LogP) is 2.04. The zero-order valence-electron chi connectivity index (χ0n) is 16.7. The molecule has 1 atom stereocenters. The molecule has 0 bridgehead atoms. The van der Waals surface area contributed by atoms with Crippen LogP contribution in [0.3, 0.4) is 0 Å². The zero-order chi connectivity index (χ0) is 19.4. The molecule has 1 fully saturated rings. The third-order valence-corrected chi connectivity index (χ3v) is 5.67. The van der Waals surface area contributed by atoms with E-state index in [9.17, 15) is 4.79 Å². The van der Waals surface area contributed by atoms with Crippen LogP contribution in [0.4, 0.5) is 11.4 Å². The first-order valence-corrected chi connectivity index (χ1v) is 9.60. The molecule has 1 aliphatic rings. The molecular formula is C22H30N3O2+. The van der Waals surface area contributed by atoms with Crippen LogP contribution < -0.4 is 19.9 Å². The lowest BCUT2D eigenvalue weighted by atomic mass is 10.1. The molecule has 1 heterocycles. The lowest BCUT2D eigenvalue weighted by Gasteiger charge is -2.36. The summed E-state index contributed by atoms with van der Waals surface area (Å²) in [5.74, 6) is 0.799. The molecule has 2 aromatic rings. The van der Waals surface area contributed by atoms with Crippen LogP contribution in [0.5, 0.6) is 5.75 Å². The highest BCUT2D eigenvalue weighted by molar-refractivity contribution is 5.93. The molecule has 1 saturated heterocycles. The van der Waals surface area contributed by atoms with Crippen molar-refractivity contribution >= 4 is 17.3 Å². The second kappa shape index (κ2) is 8.44. The van der Waals surface area contributed by atoms with Gasteiger partial charge in [-0.1, -0.05) is 18.2 Å². The van der Waals surface area contributed by atoms with E-state index in [1.54, 1.807) is 7.11 Å². The Labute approximate surface area is 161 Å². The smallest absolute Gasteiger partial charge is 0.282 e. The molecular weight excluding hydrogens is 338 g/mol. The summed E-state index contributed by atoms with van der Waals surface area (Å²) in [6.07, 6.45) is 0. The van der Waals surface area contributed by atoms with Crippen LogP contribution in [-0.2, 0) is 4.79 Å². The fraction of sp³-hybridized carbons (Fsp3) is 0.409. The van der Waals surface area contributed by atoms with Gasteiger partial charge >= 0.3 is 0 Å². The Morgan fingerprint density at radius 2 is 1.85 bits per heavy atom. The van der Waals surface area contributed by atoms with Gasteiger partial charge in [0.15, 0.2) is 6.04 Å². The van der Waals surface area contributed by atoms with Crippen LogP contribution in [0.1, 0.15) is 18.1 Å². The molecule has 0 radical (unpaired) electrons. The number of methoxy groups -OCH3 is 1. The number of aryl methyl sites for hydroxylation is 1. The van der Waals surface area contributed by atoms with Gasteiger partial charge in [-0.15, -0.1) is 0 Å². The van der Waals surface area contributed by atoms with Gasteiger partial charge in [0.25, 0.3) is 5.91 Å². The van der Waals surface area contributed by atoms with E-state index in [0.717, 1.165) is 37.6 Å². The SMILES string of the molecule is COc1cccc(NC(=O)[C@@H](C)[NH+]2CCN(c3cccc(C)c3C)CC2)c1. The van der Waals surface area contributed by atoms with Crippen molar-refractivity contribution in [2.24, 2.45) is 0 Å². The molecule has 2 aromatic carbocycles. The van der Waals surface area contributed by atoms with Gasteiger partial charge in [-0.2, -0.15) is 0 Å². The van der Waals surface area contributed by atoms with E-state index < -0.39 is 0 Å². The lowest BCUT2D eigenvalue weighted by molar-refractivity contribution is -0.914. The Morgan fingerprint density at radius 3 is 2.56 bits per heavy atom. The summed E-state index contributed by atoms with van der Waals surface area (Å²) >= 11 is 0. The highest BCUT2D eigenvalue weighted by Gasteiger charge is 2.29. The van der Waals surface area contributed by atoms with Crippen molar-refractivity contribution in [1.82, 2.24) is 0 Å². The topological polar surface area (TPSA) is 46.0 Å². The van der Waals surface area contributed by atoms with Crippen LogP contribution >= 0.6 is 0 Å². The Balaban J connectivity index is 1.58. The summed E-state index contributed by atoms with van der Waals surface area (Å²) in [5, 5.41) is 3.02. The minimum absolute atomic E-state index is 0.0541. The minimum atomic E-state index is -0.0862. The van der Waals surface area contributed by atoms with E-state index in [1.807, 2.05) is 31.2 Å². The molecule has 0 unspecified atom stereocenters. The first-order chi connectivity index (χ1) is 13.0. The minimum Gasteiger partial charge on any atom is -0.497 e. The molecule has 3 rings (SSSR count). The third kappa shape index (κ3) is 4.42. The summed E-state index contributed by atoms with van der Waals surface area (Å²) in [7, 11) is 1.63. The molecule has 0 saturated carbocycles. The Bertz CT molecular complexity index is 798. The molecule has 0 spiro atoms. The molecule has 5 nitrogen and oxygen atoms in total. The number of benzene rings is 2. The number of hydrogen-bond donors (Lipinski definition) is 2. The quantitative estimate of drug-likeness (QED) is 0.849.